The number of nitrogens with zero attached hydrogens (tertiary/aromatic N) is 2. The van der Waals surface area contributed by atoms with Crippen molar-refractivity contribution in [1.82, 2.24) is 20.5 Å². The predicted octanol–water partition coefficient (Wildman–Crippen LogP) is 4.08. The molecule has 0 spiro atoms. The minimum atomic E-state index is -0.247. The first-order valence-electron chi connectivity index (χ1n) is 8.55. The molecule has 3 aromatic rings. The summed E-state index contributed by atoms with van der Waals surface area (Å²) in [6.07, 6.45) is 0. The number of hydrogen-bond acceptors (Lipinski definition) is 5. The average Bonchev–Trinajstić information content (AvgIpc) is 3.16. The zero-order valence-corrected chi connectivity index (χ0v) is 17.7. The molecule has 0 saturated carbocycles. The van der Waals surface area contributed by atoms with E-state index in [4.69, 9.17) is 23.2 Å². The van der Waals surface area contributed by atoms with Gasteiger partial charge in [0.25, 0.3) is 5.91 Å². The van der Waals surface area contributed by atoms with Gasteiger partial charge in [-0.2, -0.15) is 0 Å². The van der Waals surface area contributed by atoms with E-state index in [1.54, 1.807) is 42.5 Å². The summed E-state index contributed by atoms with van der Waals surface area (Å²) in [6.45, 7) is 2.02. The molecule has 1 aromatic heterocycles. The van der Waals surface area contributed by atoms with Crippen LogP contribution in [0.1, 0.15) is 21.7 Å². The fourth-order valence-corrected chi connectivity index (χ4v) is 3.27. The zero-order valence-electron chi connectivity index (χ0n) is 15.3. The molecule has 150 valence electrons. The van der Waals surface area contributed by atoms with Crippen LogP contribution in [0.4, 0.5) is 5.69 Å². The van der Waals surface area contributed by atoms with Crippen molar-refractivity contribution >= 4 is 52.5 Å². The number of H-pyrrole nitrogens is 1. The maximum atomic E-state index is 12.1. The van der Waals surface area contributed by atoms with E-state index in [0.29, 0.717) is 32.3 Å². The van der Waals surface area contributed by atoms with Crippen LogP contribution in [0, 0.1) is 6.92 Å². The highest BCUT2D eigenvalue weighted by Crippen LogP contribution is 2.23. The number of rotatable bonds is 7. The number of benzene rings is 2. The Morgan fingerprint density at radius 2 is 1.90 bits per heavy atom. The monoisotopic (exact) mass is 449 g/mol. The van der Waals surface area contributed by atoms with E-state index in [-0.39, 0.29) is 24.1 Å². The van der Waals surface area contributed by atoms with Crippen LogP contribution in [0.2, 0.25) is 10.0 Å². The Kier molecular flexibility index (Phi) is 7.13. The number of thioether (sulfide) groups is 1. The number of anilines is 1. The fourth-order valence-electron chi connectivity index (χ4n) is 2.35. The van der Waals surface area contributed by atoms with E-state index < -0.39 is 0 Å². The van der Waals surface area contributed by atoms with Crippen LogP contribution in [0.15, 0.2) is 47.6 Å². The maximum Gasteiger partial charge on any atom is 0.251 e. The smallest absolute Gasteiger partial charge is 0.251 e. The molecule has 2 amide bonds. The first-order valence-corrected chi connectivity index (χ1v) is 10.3. The van der Waals surface area contributed by atoms with Crippen molar-refractivity contribution < 1.29 is 9.59 Å². The Hall–Kier alpha value is -2.55. The molecule has 0 fully saturated rings. The summed E-state index contributed by atoms with van der Waals surface area (Å²) in [5, 5.41) is 13.9. The number of nitrogens with one attached hydrogen (secondary N) is 3. The molecule has 2 aromatic carbocycles. The number of aromatic nitrogens is 3. The molecule has 0 aliphatic carbocycles. The number of carbonyl (C=O) groups is 2. The summed E-state index contributed by atoms with van der Waals surface area (Å²) < 4.78 is 0. The molecule has 0 saturated heterocycles. The lowest BCUT2D eigenvalue weighted by Crippen LogP contribution is -2.23. The second-order valence-electron chi connectivity index (χ2n) is 6.00. The Bertz CT molecular complexity index is 1020. The molecule has 7 nitrogen and oxygen atoms in total. The van der Waals surface area contributed by atoms with Gasteiger partial charge in [0.05, 0.1) is 12.3 Å². The van der Waals surface area contributed by atoms with E-state index in [1.807, 2.05) is 6.92 Å². The van der Waals surface area contributed by atoms with Gasteiger partial charge in [-0.15, -0.1) is 5.10 Å². The third kappa shape index (κ3) is 5.96. The number of amides is 2. The van der Waals surface area contributed by atoms with Gasteiger partial charge in [-0.1, -0.05) is 41.0 Å². The Morgan fingerprint density at radius 1 is 1.14 bits per heavy atom. The van der Waals surface area contributed by atoms with Gasteiger partial charge in [0.15, 0.2) is 0 Å². The Balaban J connectivity index is 1.47. The van der Waals surface area contributed by atoms with Crippen LogP contribution < -0.4 is 10.6 Å². The summed E-state index contributed by atoms with van der Waals surface area (Å²) in [7, 11) is 0. The fraction of sp³-hybridized carbons (Fsp3) is 0.158. The van der Waals surface area contributed by atoms with Crippen LogP contribution in [-0.4, -0.2) is 32.7 Å². The first-order chi connectivity index (χ1) is 13.9. The van der Waals surface area contributed by atoms with Gasteiger partial charge in [0.1, 0.15) is 5.82 Å². The average molecular weight is 450 g/mol. The number of halogens is 2. The second kappa shape index (κ2) is 9.78. The van der Waals surface area contributed by atoms with Crippen molar-refractivity contribution in [2.75, 3.05) is 11.1 Å². The third-order valence-corrected chi connectivity index (χ3v) is 5.42. The van der Waals surface area contributed by atoms with E-state index >= 15 is 0 Å². The highest BCUT2D eigenvalue weighted by atomic mass is 35.5. The molecule has 3 rings (SSSR count). The minimum Gasteiger partial charge on any atom is -0.345 e. The normalized spacial score (nSPS) is 10.6. The van der Waals surface area contributed by atoms with Gasteiger partial charge < -0.3 is 10.6 Å². The first kappa shape index (κ1) is 21.2. The Morgan fingerprint density at radius 3 is 2.66 bits per heavy atom. The number of aromatic amines is 1. The molecule has 10 heteroatoms. The van der Waals surface area contributed by atoms with Crippen molar-refractivity contribution in [3.8, 4) is 0 Å². The van der Waals surface area contributed by atoms with E-state index in [1.165, 1.54) is 11.8 Å². The van der Waals surface area contributed by atoms with Gasteiger partial charge in [-0.3, -0.25) is 14.7 Å². The quantitative estimate of drug-likeness (QED) is 0.471. The molecule has 0 bridgehead atoms. The topological polar surface area (TPSA) is 99.8 Å². The summed E-state index contributed by atoms with van der Waals surface area (Å²) >= 11 is 13.1. The minimum absolute atomic E-state index is 0.139. The highest BCUT2D eigenvalue weighted by Gasteiger charge is 2.11. The van der Waals surface area contributed by atoms with Gasteiger partial charge in [0.2, 0.25) is 11.1 Å². The Labute approximate surface area is 181 Å². The van der Waals surface area contributed by atoms with Crippen molar-refractivity contribution in [2.24, 2.45) is 0 Å². The highest BCUT2D eigenvalue weighted by molar-refractivity contribution is 7.99. The van der Waals surface area contributed by atoms with Crippen molar-refractivity contribution in [3.63, 3.8) is 0 Å². The summed E-state index contributed by atoms with van der Waals surface area (Å²) in [4.78, 5) is 28.5. The van der Waals surface area contributed by atoms with E-state index in [0.717, 1.165) is 5.56 Å². The molecular weight excluding hydrogens is 433 g/mol. The van der Waals surface area contributed by atoms with E-state index in [2.05, 4.69) is 25.8 Å². The van der Waals surface area contributed by atoms with Crippen LogP contribution in [-0.2, 0) is 11.3 Å². The standard InChI is InChI=1S/C19H17Cl2N5O2S/c1-11-14(21)3-2-4-15(11)23-17(27)10-29-19-24-16(25-26-19)9-22-18(28)12-5-7-13(20)8-6-12/h2-8H,9-10H2,1H3,(H,22,28)(H,23,27)(H,24,25,26). The van der Waals surface area contributed by atoms with Crippen molar-refractivity contribution in [2.45, 2.75) is 18.6 Å². The van der Waals surface area contributed by atoms with Crippen LogP contribution in [0.25, 0.3) is 0 Å². The lowest BCUT2D eigenvalue weighted by Gasteiger charge is -2.08. The third-order valence-electron chi connectivity index (χ3n) is 3.91. The molecule has 3 N–H and O–H groups in total. The second-order valence-corrected chi connectivity index (χ2v) is 7.79. The van der Waals surface area contributed by atoms with Crippen LogP contribution in [0.5, 0.6) is 0 Å². The molecule has 1 heterocycles. The molecule has 0 unspecified atom stereocenters. The van der Waals surface area contributed by atoms with Gasteiger partial charge in [-0.25, -0.2) is 4.98 Å². The van der Waals surface area contributed by atoms with Gasteiger partial charge >= 0.3 is 0 Å². The van der Waals surface area contributed by atoms with Crippen LogP contribution >= 0.6 is 35.0 Å². The molecule has 0 radical (unpaired) electrons. The van der Waals surface area contributed by atoms with Crippen molar-refractivity contribution in [3.05, 3.63) is 69.5 Å². The number of hydrogen-bond donors (Lipinski definition) is 3. The predicted molar refractivity (Wildman–Crippen MR) is 115 cm³/mol. The number of carbonyl (C=O) groups excluding carboxylic acids is 2. The summed E-state index contributed by atoms with van der Waals surface area (Å²) in [5.41, 5.74) is 1.98. The maximum absolute atomic E-state index is 12.1. The summed E-state index contributed by atoms with van der Waals surface area (Å²) in [5.74, 6) is 0.188. The van der Waals surface area contributed by atoms with Gasteiger partial charge in [-0.05, 0) is 48.9 Å². The SMILES string of the molecule is Cc1c(Cl)cccc1NC(=O)CSc1n[nH]c(CNC(=O)c2ccc(Cl)cc2)n1. The van der Waals surface area contributed by atoms with Gasteiger partial charge in [0, 0.05) is 21.3 Å². The largest absolute Gasteiger partial charge is 0.345 e. The molecule has 0 aliphatic heterocycles. The molecule has 0 aliphatic rings. The van der Waals surface area contributed by atoms with Crippen molar-refractivity contribution in [1.29, 1.82) is 0 Å². The lowest BCUT2D eigenvalue weighted by atomic mass is 10.2. The molecule has 0 atom stereocenters. The summed E-state index contributed by atoms with van der Waals surface area (Å²) in [6, 6.07) is 11.9. The zero-order chi connectivity index (χ0) is 20.8. The molecule has 29 heavy (non-hydrogen) atoms. The molecular formula is C19H17Cl2N5O2S. The lowest BCUT2D eigenvalue weighted by molar-refractivity contribution is -0.113. The van der Waals surface area contributed by atoms with Crippen LogP contribution in [0.3, 0.4) is 0 Å². The van der Waals surface area contributed by atoms with E-state index in [9.17, 15) is 9.59 Å².